The lowest BCUT2D eigenvalue weighted by Gasteiger charge is -2.20. The number of hydrogen-bond donors (Lipinski definition) is 1. The molecule has 0 aliphatic heterocycles. The number of aromatic nitrogens is 1. The molecule has 1 fully saturated rings. The smallest absolute Gasteiger partial charge is 0.194 e. The number of nitrogens with zero attached hydrogens (tertiary/aromatic N) is 1. The van der Waals surface area contributed by atoms with Crippen molar-refractivity contribution in [3.8, 4) is 0 Å². The molecule has 1 saturated carbocycles. The number of carbonyl (C=O) groups is 1. The second-order valence-corrected chi connectivity index (χ2v) is 4.98. The normalized spacial score (nSPS) is 18.1. The summed E-state index contributed by atoms with van der Waals surface area (Å²) in [5, 5.41) is 11.3. The zero-order valence-corrected chi connectivity index (χ0v) is 10.1. The predicted molar refractivity (Wildman–Crippen MR) is 69.5 cm³/mol. The van der Waals surface area contributed by atoms with Gasteiger partial charge >= 0.3 is 0 Å². The molecule has 3 heteroatoms. The van der Waals surface area contributed by atoms with Gasteiger partial charge in [-0.25, -0.2) is 0 Å². The number of pyridine rings is 1. The summed E-state index contributed by atoms with van der Waals surface area (Å²) in [6.07, 6.45) is 4.75. The van der Waals surface area contributed by atoms with Crippen LogP contribution in [0.4, 0.5) is 0 Å². The Morgan fingerprint density at radius 3 is 2.78 bits per heavy atom. The highest BCUT2D eigenvalue weighted by Crippen LogP contribution is 2.33. The molecular formula is C15H15NO2. The van der Waals surface area contributed by atoms with Crippen LogP contribution in [0.15, 0.2) is 36.5 Å². The third-order valence-electron chi connectivity index (χ3n) is 3.72. The molecule has 1 N–H and O–H groups in total. The molecule has 0 atom stereocenters. The molecule has 0 spiro atoms. The van der Waals surface area contributed by atoms with Crippen LogP contribution in [0.1, 0.15) is 36.0 Å². The molecule has 0 saturated heterocycles. The van der Waals surface area contributed by atoms with Crippen LogP contribution in [-0.2, 0) is 0 Å². The van der Waals surface area contributed by atoms with Gasteiger partial charge < -0.3 is 5.11 Å². The van der Waals surface area contributed by atoms with Gasteiger partial charge in [-0.15, -0.1) is 0 Å². The fraction of sp³-hybridized carbons (Fsp3) is 0.333. The van der Waals surface area contributed by atoms with Crippen LogP contribution in [0, 0.1) is 0 Å². The third kappa shape index (κ3) is 1.81. The molecule has 0 amide bonds. The van der Waals surface area contributed by atoms with Gasteiger partial charge in [-0.2, -0.15) is 0 Å². The second kappa shape index (κ2) is 4.18. The molecule has 0 radical (unpaired) electrons. The number of carbonyl (C=O) groups excluding carboxylic acids is 1. The summed E-state index contributed by atoms with van der Waals surface area (Å²) in [5.41, 5.74) is 0.308. The van der Waals surface area contributed by atoms with E-state index in [2.05, 4.69) is 4.98 Å². The summed E-state index contributed by atoms with van der Waals surface area (Å²) in [4.78, 5) is 16.6. The number of benzene rings is 1. The van der Waals surface area contributed by atoms with E-state index in [4.69, 9.17) is 0 Å². The lowest BCUT2D eigenvalue weighted by atomic mass is 9.91. The maximum atomic E-state index is 12.3. The van der Waals surface area contributed by atoms with Crippen molar-refractivity contribution < 1.29 is 9.90 Å². The molecule has 1 aromatic heterocycles. The zero-order valence-electron chi connectivity index (χ0n) is 10.1. The first kappa shape index (κ1) is 11.4. The number of fused-ring (bicyclic) bond motifs is 1. The average Bonchev–Trinajstić information content (AvgIpc) is 2.85. The number of aliphatic hydroxyl groups is 1. The van der Waals surface area contributed by atoms with Crippen LogP contribution in [0.3, 0.4) is 0 Å². The zero-order chi connectivity index (χ0) is 12.6. The molecule has 0 bridgehead atoms. The highest BCUT2D eigenvalue weighted by atomic mass is 16.3. The maximum absolute atomic E-state index is 12.3. The Bertz CT molecular complexity index is 600. The first-order valence-corrected chi connectivity index (χ1v) is 6.31. The Morgan fingerprint density at radius 1 is 1.22 bits per heavy atom. The average molecular weight is 241 g/mol. The molecule has 1 aromatic carbocycles. The fourth-order valence-electron chi connectivity index (χ4n) is 2.67. The fourth-order valence-corrected chi connectivity index (χ4v) is 2.67. The summed E-state index contributed by atoms with van der Waals surface area (Å²) in [5.74, 6) is -0.147. The minimum absolute atomic E-state index is 0.147. The van der Waals surface area contributed by atoms with E-state index in [9.17, 15) is 9.90 Å². The third-order valence-corrected chi connectivity index (χ3v) is 3.72. The summed E-state index contributed by atoms with van der Waals surface area (Å²) in [6, 6.07) is 9.19. The molecule has 0 unspecified atom stereocenters. The number of ketones is 1. The van der Waals surface area contributed by atoms with Gasteiger partial charge in [-0.3, -0.25) is 9.78 Å². The van der Waals surface area contributed by atoms with Crippen molar-refractivity contribution in [1.82, 2.24) is 4.98 Å². The molecule has 2 aromatic rings. The highest BCUT2D eigenvalue weighted by Gasteiger charge is 2.39. The first-order valence-electron chi connectivity index (χ1n) is 6.31. The van der Waals surface area contributed by atoms with E-state index in [0.717, 1.165) is 23.7 Å². The molecule has 1 aliphatic rings. The molecule has 3 nitrogen and oxygen atoms in total. The SMILES string of the molecule is O=C(c1ccc2ncccc2c1)C1(O)CCCC1. The molecule has 1 heterocycles. The molecule has 3 rings (SSSR count). The Labute approximate surface area is 105 Å². The van der Waals surface area contributed by atoms with E-state index >= 15 is 0 Å². The highest BCUT2D eigenvalue weighted by molar-refractivity contribution is 6.04. The van der Waals surface area contributed by atoms with Gasteiger partial charge in [0.1, 0.15) is 5.60 Å². The number of hydrogen-bond acceptors (Lipinski definition) is 3. The van der Waals surface area contributed by atoms with E-state index in [1.807, 2.05) is 24.3 Å². The minimum Gasteiger partial charge on any atom is -0.382 e. The van der Waals surface area contributed by atoms with Crippen molar-refractivity contribution in [2.24, 2.45) is 0 Å². The van der Waals surface area contributed by atoms with Crippen molar-refractivity contribution in [1.29, 1.82) is 0 Å². The van der Waals surface area contributed by atoms with Crippen molar-refractivity contribution >= 4 is 16.7 Å². The molecule has 18 heavy (non-hydrogen) atoms. The molecular weight excluding hydrogens is 226 g/mol. The Morgan fingerprint density at radius 2 is 2.00 bits per heavy atom. The van der Waals surface area contributed by atoms with Crippen molar-refractivity contribution in [3.05, 3.63) is 42.1 Å². The van der Waals surface area contributed by atoms with Crippen LogP contribution in [0.25, 0.3) is 10.9 Å². The van der Waals surface area contributed by atoms with Gasteiger partial charge in [0.15, 0.2) is 5.78 Å². The van der Waals surface area contributed by atoms with E-state index in [1.165, 1.54) is 0 Å². The van der Waals surface area contributed by atoms with Crippen LogP contribution in [0.5, 0.6) is 0 Å². The Balaban J connectivity index is 2.01. The first-order chi connectivity index (χ1) is 8.69. The van der Waals surface area contributed by atoms with Crippen molar-refractivity contribution in [3.63, 3.8) is 0 Å². The van der Waals surface area contributed by atoms with Gasteiger partial charge in [-0.05, 0) is 49.9 Å². The van der Waals surface area contributed by atoms with Crippen molar-refractivity contribution in [2.75, 3.05) is 0 Å². The summed E-state index contributed by atoms with van der Waals surface area (Å²) in [6.45, 7) is 0. The van der Waals surface area contributed by atoms with Gasteiger partial charge in [0.2, 0.25) is 0 Å². The number of Topliss-reactive ketones (excluding diaryl/α,β-unsaturated/α-hetero) is 1. The van der Waals surface area contributed by atoms with E-state index in [-0.39, 0.29) is 5.78 Å². The monoisotopic (exact) mass is 241 g/mol. The standard InChI is InChI=1S/C15H15NO2/c17-14(15(18)7-1-2-8-15)12-5-6-13-11(10-12)4-3-9-16-13/h3-6,9-10,18H,1-2,7-8H2. The predicted octanol–water partition coefficient (Wildman–Crippen LogP) is 2.72. The molecule has 92 valence electrons. The second-order valence-electron chi connectivity index (χ2n) is 4.98. The largest absolute Gasteiger partial charge is 0.382 e. The molecule has 1 aliphatic carbocycles. The Kier molecular flexibility index (Phi) is 2.63. The van der Waals surface area contributed by atoms with Crippen molar-refractivity contribution in [2.45, 2.75) is 31.3 Å². The maximum Gasteiger partial charge on any atom is 0.194 e. The summed E-state index contributed by atoms with van der Waals surface area (Å²) < 4.78 is 0. The van der Waals surface area contributed by atoms with Gasteiger partial charge in [0.05, 0.1) is 5.52 Å². The van der Waals surface area contributed by atoms with E-state index in [0.29, 0.717) is 18.4 Å². The van der Waals surface area contributed by atoms with E-state index in [1.54, 1.807) is 12.3 Å². The van der Waals surface area contributed by atoms with Crippen LogP contribution < -0.4 is 0 Å². The van der Waals surface area contributed by atoms with E-state index < -0.39 is 5.60 Å². The minimum atomic E-state index is -1.14. The topological polar surface area (TPSA) is 50.2 Å². The van der Waals surface area contributed by atoms with Gasteiger partial charge in [0.25, 0.3) is 0 Å². The Hall–Kier alpha value is -1.74. The van der Waals surface area contributed by atoms with Crippen LogP contribution in [-0.4, -0.2) is 21.5 Å². The lowest BCUT2D eigenvalue weighted by molar-refractivity contribution is 0.0353. The summed E-state index contributed by atoms with van der Waals surface area (Å²) in [7, 11) is 0. The van der Waals surface area contributed by atoms with Gasteiger partial charge in [-0.1, -0.05) is 6.07 Å². The van der Waals surface area contributed by atoms with Crippen LogP contribution in [0.2, 0.25) is 0 Å². The lowest BCUT2D eigenvalue weighted by Crippen LogP contribution is -2.35. The summed E-state index contributed by atoms with van der Waals surface area (Å²) >= 11 is 0. The quantitative estimate of drug-likeness (QED) is 0.822. The van der Waals surface area contributed by atoms with Gasteiger partial charge in [0, 0.05) is 17.1 Å². The van der Waals surface area contributed by atoms with Crippen LogP contribution >= 0.6 is 0 Å². The number of rotatable bonds is 2.